The number of hydrogen-bond acceptors (Lipinski definition) is 7. The number of ether oxygens (including phenoxy) is 3. The molecule has 1 aliphatic carbocycles. The Labute approximate surface area is 157 Å². The summed E-state index contributed by atoms with van der Waals surface area (Å²) in [4.78, 5) is 8.30. The number of sulfonamides is 1. The standard InChI is InChI=1S/C18H21N3O5S/c22-27(23,15-6-7-16-17(12-15)25-11-10-24-16)21-13-2-4-14(5-3-13)26-18-19-8-1-9-20-18/h1,6-9,12-14,21H,2-5,10-11H2. The van der Waals surface area contributed by atoms with Gasteiger partial charge in [-0.3, -0.25) is 0 Å². The Bertz CT molecular complexity index is 883. The lowest BCUT2D eigenvalue weighted by molar-refractivity contribution is 0.132. The summed E-state index contributed by atoms with van der Waals surface area (Å²) >= 11 is 0. The lowest BCUT2D eigenvalue weighted by Crippen LogP contribution is -2.39. The lowest BCUT2D eigenvalue weighted by atomic mass is 9.94. The summed E-state index contributed by atoms with van der Waals surface area (Å²) in [7, 11) is -3.62. The van der Waals surface area contributed by atoms with Gasteiger partial charge in [0.1, 0.15) is 19.3 Å². The summed E-state index contributed by atoms with van der Waals surface area (Å²) in [5.74, 6) is 1.03. The molecule has 0 saturated heterocycles. The Morgan fingerprint density at radius 3 is 2.44 bits per heavy atom. The van der Waals surface area contributed by atoms with Crippen LogP contribution in [0, 0.1) is 0 Å². The summed E-state index contributed by atoms with van der Waals surface area (Å²) in [5, 5.41) is 0. The van der Waals surface area contributed by atoms with E-state index in [1.54, 1.807) is 24.5 Å². The maximum absolute atomic E-state index is 12.7. The van der Waals surface area contributed by atoms with E-state index in [4.69, 9.17) is 14.2 Å². The largest absolute Gasteiger partial charge is 0.486 e. The predicted molar refractivity (Wildman–Crippen MR) is 96.5 cm³/mol. The summed E-state index contributed by atoms with van der Waals surface area (Å²) in [6.45, 7) is 0.885. The second-order valence-corrected chi connectivity index (χ2v) is 8.26. The van der Waals surface area contributed by atoms with E-state index in [1.807, 2.05) is 0 Å². The van der Waals surface area contributed by atoms with Gasteiger partial charge < -0.3 is 14.2 Å². The van der Waals surface area contributed by atoms with Gasteiger partial charge in [-0.05, 0) is 43.9 Å². The molecule has 0 radical (unpaired) electrons. The molecule has 1 fully saturated rings. The molecule has 0 unspecified atom stereocenters. The molecule has 1 aliphatic heterocycles. The van der Waals surface area contributed by atoms with Crippen LogP contribution in [0.15, 0.2) is 41.6 Å². The Kier molecular flexibility index (Phi) is 5.13. The Morgan fingerprint density at radius 2 is 1.70 bits per heavy atom. The fourth-order valence-electron chi connectivity index (χ4n) is 3.27. The van der Waals surface area contributed by atoms with Crippen molar-refractivity contribution in [1.82, 2.24) is 14.7 Å². The molecule has 0 bridgehead atoms. The molecule has 1 N–H and O–H groups in total. The zero-order chi connectivity index (χ0) is 18.7. The number of rotatable bonds is 5. The maximum atomic E-state index is 12.7. The molecule has 0 amide bonds. The molecule has 4 rings (SSSR count). The zero-order valence-electron chi connectivity index (χ0n) is 14.7. The molecule has 1 saturated carbocycles. The number of aromatic nitrogens is 2. The van der Waals surface area contributed by atoms with Gasteiger partial charge in [0.2, 0.25) is 10.0 Å². The highest BCUT2D eigenvalue weighted by Gasteiger charge is 2.28. The van der Waals surface area contributed by atoms with Crippen LogP contribution in [0.1, 0.15) is 25.7 Å². The minimum Gasteiger partial charge on any atom is -0.486 e. The van der Waals surface area contributed by atoms with Crippen molar-refractivity contribution < 1.29 is 22.6 Å². The van der Waals surface area contributed by atoms with Crippen molar-refractivity contribution in [2.75, 3.05) is 13.2 Å². The minimum absolute atomic E-state index is 0.00227. The fraction of sp³-hybridized carbons (Fsp3) is 0.444. The van der Waals surface area contributed by atoms with Crippen molar-refractivity contribution in [3.8, 4) is 17.5 Å². The van der Waals surface area contributed by atoms with Gasteiger partial charge in [-0.15, -0.1) is 0 Å². The van der Waals surface area contributed by atoms with Gasteiger partial charge in [-0.1, -0.05) is 0 Å². The maximum Gasteiger partial charge on any atom is 0.316 e. The zero-order valence-corrected chi connectivity index (χ0v) is 15.5. The molecule has 0 atom stereocenters. The van der Waals surface area contributed by atoms with Gasteiger partial charge in [-0.25, -0.2) is 23.1 Å². The Morgan fingerprint density at radius 1 is 1.00 bits per heavy atom. The summed E-state index contributed by atoms with van der Waals surface area (Å²) in [5.41, 5.74) is 0. The summed E-state index contributed by atoms with van der Waals surface area (Å²) in [6.07, 6.45) is 6.15. The number of hydrogen-bond donors (Lipinski definition) is 1. The van der Waals surface area contributed by atoms with Crippen LogP contribution in [0.4, 0.5) is 0 Å². The molecule has 27 heavy (non-hydrogen) atoms. The third kappa shape index (κ3) is 4.30. The van der Waals surface area contributed by atoms with E-state index in [1.165, 1.54) is 12.1 Å². The topological polar surface area (TPSA) is 99.6 Å². The van der Waals surface area contributed by atoms with Gasteiger partial charge >= 0.3 is 6.01 Å². The smallest absolute Gasteiger partial charge is 0.316 e. The van der Waals surface area contributed by atoms with E-state index in [2.05, 4.69) is 14.7 Å². The number of fused-ring (bicyclic) bond motifs is 1. The molecule has 144 valence electrons. The second kappa shape index (κ2) is 7.69. The third-order valence-corrected chi connectivity index (χ3v) is 6.15. The highest BCUT2D eigenvalue weighted by atomic mass is 32.2. The molecule has 2 aliphatic rings. The number of benzene rings is 1. The summed E-state index contributed by atoms with van der Waals surface area (Å²) in [6, 6.07) is 6.65. The molecule has 0 spiro atoms. The van der Waals surface area contributed by atoms with E-state index in [-0.39, 0.29) is 17.0 Å². The van der Waals surface area contributed by atoms with Gasteiger partial charge in [0.05, 0.1) is 4.90 Å². The van der Waals surface area contributed by atoms with E-state index in [0.29, 0.717) is 43.6 Å². The molecular weight excluding hydrogens is 370 g/mol. The van der Waals surface area contributed by atoms with E-state index >= 15 is 0 Å². The van der Waals surface area contributed by atoms with E-state index in [0.717, 1.165) is 12.8 Å². The van der Waals surface area contributed by atoms with Crippen LogP contribution in [0.3, 0.4) is 0 Å². The van der Waals surface area contributed by atoms with E-state index < -0.39 is 10.0 Å². The van der Waals surface area contributed by atoms with Crippen LogP contribution in [0.5, 0.6) is 17.5 Å². The molecule has 1 aromatic carbocycles. The molecule has 9 heteroatoms. The van der Waals surface area contributed by atoms with Gasteiger partial charge in [0, 0.05) is 24.5 Å². The van der Waals surface area contributed by atoms with Gasteiger partial charge in [0.15, 0.2) is 11.5 Å². The first kappa shape index (κ1) is 18.0. The summed E-state index contributed by atoms with van der Waals surface area (Å²) < 4.78 is 44.9. The number of nitrogens with one attached hydrogen (secondary N) is 1. The van der Waals surface area contributed by atoms with Crippen molar-refractivity contribution in [2.45, 2.75) is 42.7 Å². The van der Waals surface area contributed by atoms with Crippen molar-refractivity contribution in [3.63, 3.8) is 0 Å². The monoisotopic (exact) mass is 391 g/mol. The average Bonchev–Trinajstić information content (AvgIpc) is 2.70. The molecule has 2 heterocycles. The van der Waals surface area contributed by atoms with Crippen molar-refractivity contribution in [1.29, 1.82) is 0 Å². The second-order valence-electron chi connectivity index (χ2n) is 6.55. The SMILES string of the molecule is O=S(=O)(NC1CCC(Oc2ncccn2)CC1)c1ccc2c(c1)OCCO2. The number of nitrogens with zero attached hydrogens (tertiary/aromatic N) is 2. The van der Waals surface area contributed by atoms with Crippen LogP contribution >= 0.6 is 0 Å². The van der Waals surface area contributed by atoms with Gasteiger partial charge in [-0.2, -0.15) is 0 Å². The van der Waals surface area contributed by atoms with Crippen LogP contribution in [0.2, 0.25) is 0 Å². The first-order chi connectivity index (χ1) is 13.1. The van der Waals surface area contributed by atoms with E-state index in [9.17, 15) is 8.42 Å². The molecular formula is C18H21N3O5S. The average molecular weight is 391 g/mol. The van der Waals surface area contributed by atoms with Crippen LogP contribution in [0.25, 0.3) is 0 Å². The Balaban J connectivity index is 1.35. The van der Waals surface area contributed by atoms with Crippen LogP contribution in [-0.2, 0) is 10.0 Å². The van der Waals surface area contributed by atoms with Crippen LogP contribution < -0.4 is 18.9 Å². The lowest BCUT2D eigenvalue weighted by Gasteiger charge is -2.28. The minimum atomic E-state index is -3.62. The highest BCUT2D eigenvalue weighted by molar-refractivity contribution is 7.89. The van der Waals surface area contributed by atoms with Gasteiger partial charge in [0.25, 0.3) is 0 Å². The normalized spacial score (nSPS) is 22.2. The molecule has 2 aromatic rings. The van der Waals surface area contributed by atoms with Crippen molar-refractivity contribution >= 4 is 10.0 Å². The Hall–Kier alpha value is -2.39. The van der Waals surface area contributed by atoms with Crippen molar-refractivity contribution in [2.24, 2.45) is 0 Å². The molecule has 1 aromatic heterocycles. The predicted octanol–water partition coefficient (Wildman–Crippen LogP) is 1.92. The fourth-order valence-corrected chi connectivity index (χ4v) is 4.59. The highest BCUT2D eigenvalue weighted by Crippen LogP contribution is 2.32. The first-order valence-corrected chi connectivity index (χ1v) is 10.4. The quantitative estimate of drug-likeness (QED) is 0.831. The third-order valence-electron chi connectivity index (χ3n) is 4.63. The van der Waals surface area contributed by atoms with Crippen LogP contribution in [-0.4, -0.2) is 43.7 Å². The first-order valence-electron chi connectivity index (χ1n) is 8.96. The van der Waals surface area contributed by atoms with Crippen molar-refractivity contribution in [3.05, 3.63) is 36.7 Å². The molecule has 8 nitrogen and oxygen atoms in total.